The van der Waals surface area contributed by atoms with Gasteiger partial charge in [-0.1, -0.05) is 13.8 Å². The quantitative estimate of drug-likeness (QED) is 0.766. The highest BCUT2D eigenvalue weighted by molar-refractivity contribution is 4.91. The Morgan fingerprint density at radius 3 is 2.93 bits per heavy atom. The molecule has 0 aromatic rings. The van der Waals surface area contributed by atoms with Crippen molar-refractivity contribution < 1.29 is 9.84 Å². The molecule has 0 aromatic heterocycles. The van der Waals surface area contributed by atoms with Crippen molar-refractivity contribution in [1.82, 2.24) is 4.90 Å². The van der Waals surface area contributed by atoms with Crippen LogP contribution in [0.4, 0.5) is 0 Å². The van der Waals surface area contributed by atoms with Gasteiger partial charge in [-0.15, -0.1) is 0 Å². The van der Waals surface area contributed by atoms with Crippen LogP contribution in [0.3, 0.4) is 0 Å². The normalized spacial score (nSPS) is 33.0. The molecule has 2 atom stereocenters. The molecule has 0 aromatic carbocycles. The number of nitrogens with zero attached hydrogens (tertiary/aromatic N) is 1. The number of aliphatic hydroxyl groups is 1. The van der Waals surface area contributed by atoms with Crippen LogP contribution in [0.25, 0.3) is 0 Å². The summed E-state index contributed by atoms with van der Waals surface area (Å²) in [4.78, 5) is 2.53. The van der Waals surface area contributed by atoms with Gasteiger partial charge in [0, 0.05) is 31.2 Å². The molecule has 2 unspecified atom stereocenters. The van der Waals surface area contributed by atoms with E-state index in [1.807, 2.05) is 0 Å². The minimum Gasteiger partial charge on any atom is -0.396 e. The lowest BCUT2D eigenvalue weighted by atomic mass is 9.92. The van der Waals surface area contributed by atoms with E-state index in [-0.39, 0.29) is 12.0 Å². The number of hydrogen-bond donors (Lipinski definition) is 1. The van der Waals surface area contributed by atoms with E-state index in [0.29, 0.717) is 12.1 Å². The fraction of sp³-hybridized carbons (Fsp3) is 1.00. The van der Waals surface area contributed by atoms with Crippen molar-refractivity contribution >= 4 is 0 Å². The molecule has 1 aliphatic carbocycles. The van der Waals surface area contributed by atoms with Crippen LogP contribution in [0, 0.1) is 5.41 Å². The summed E-state index contributed by atoms with van der Waals surface area (Å²) in [6.45, 7) is 7.42. The molecule has 2 fully saturated rings. The fourth-order valence-corrected chi connectivity index (χ4v) is 2.80. The second-order valence-corrected chi connectivity index (χ2v) is 5.70. The Morgan fingerprint density at radius 2 is 2.20 bits per heavy atom. The molecule has 2 rings (SSSR count). The van der Waals surface area contributed by atoms with Crippen LogP contribution in [0.2, 0.25) is 0 Å². The van der Waals surface area contributed by atoms with E-state index in [2.05, 4.69) is 18.7 Å². The van der Waals surface area contributed by atoms with Crippen molar-refractivity contribution in [2.75, 3.05) is 26.3 Å². The summed E-state index contributed by atoms with van der Waals surface area (Å²) >= 11 is 0. The van der Waals surface area contributed by atoms with Gasteiger partial charge in [-0.05, 0) is 19.3 Å². The first-order valence-corrected chi connectivity index (χ1v) is 6.09. The lowest BCUT2D eigenvalue weighted by Crippen LogP contribution is -2.51. The van der Waals surface area contributed by atoms with Crippen molar-refractivity contribution in [3.63, 3.8) is 0 Å². The summed E-state index contributed by atoms with van der Waals surface area (Å²) < 4.78 is 5.78. The fourth-order valence-electron chi connectivity index (χ4n) is 2.80. The molecule has 0 spiro atoms. The number of morpholine rings is 1. The molecule has 1 saturated heterocycles. The molecule has 0 radical (unpaired) electrons. The highest BCUT2D eigenvalue weighted by Gasteiger charge is 2.37. The molecule has 1 heterocycles. The average molecular weight is 213 g/mol. The van der Waals surface area contributed by atoms with Crippen molar-refractivity contribution in [3.05, 3.63) is 0 Å². The van der Waals surface area contributed by atoms with E-state index in [4.69, 9.17) is 4.74 Å². The molecule has 2 aliphatic rings. The van der Waals surface area contributed by atoms with Crippen LogP contribution in [0.15, 0.2) is 0 Å². The largest absolute Gasteiger partial charge is 0.396 e. The third kappa shape index (κ3) is 2.52. The Balaban J connectivity index is 1.96. The van der Waals surface area contributed by atoms with Gasteiger partial charge < -0.3 is 9.84 Å². The van der Waals surface area contributed by atoms with Gasteiger partial charge in [0.05, 0.1) is 12.7 Å². The van der Waals surface area contributed by atoms with Crippen LogP contribution in [0.1, 0.15) is 33.1 Å². The Morgan fingerprint density at radius 1 is 1.40 bits per heavy atom. The zero-order valence-electron chi connectivity index (χ0n) is 9.91. The maximum Gasteiger partial charge on any atom is 0.0730 e. The lowest BCUT2D eigenvalue weighted by Gasteiger charge is -2.41. The predicted molar refractivity (Wildman–Crippen MR) is 59.8 cm³/mol. The van der Waals surface area contributed by atoms with Crippen LogP contribution >= 0.6 is 0 Å². The van der Waals surface area contributed by atoms with Crippen LogP contribution < -0.4 is 0 Å². The van der Waals surface area contributed by atoms with Gasteiger partial charge in [0.2, 0.25) is 0 Å². The van der Waals surface area contributed by atoms with Gasteiger partial charge >= 0.3 is 0 Å². The van der Waals surface area contributed by atoms with Crippen molar-refractivity contribution in [2.45, 2.75) is 45.3 Å². The van der Waals surface area contributed by atoms with Gasteiger partial charge in [0.1, 0.15) is 0 Å². The molecule has 88 valence electrons. The average Bonchev–Trinajstić information content (AvgIpc) is 2.66. The second kappa shape index (κ2) is 4.40. The van der Waals surface area contributed by atoms with Crippen LogP contribution in [-0.2, 0) is 4.74 Å². The van der Waals surface area contributed by atoms with Gasteiger partial charge in [-0.25, -0.2) is 0 Å². The molecule has 3 heteroatoms. The van der Waals surface area contributed by atoms with Crippen molar-refractivity contribution in [1.29, 1.82) is 0 Å². The molecule has 1 saturated carbocycles. The molecular weight excluding hydrogens is 190 g/mol. The second-order valence-electron chi connectivity index (χ2n) is 5.70. The summed E-state index contributed by atoms with van der Waals surface area (Å²) in [5, 5.41) is 9.31. The predicted octanol–water partition coefficient (Wildman–Crippen LogP) is 1.26. The summed E-state index contributed by atoms with van der Waals surface area (Å²) in [5.41, 5.74) is 0.0183. The Hall–Kier alpha value is -0.120. The standard InChI is InChI=1S/C12H23NO2/c1-12(2,9-14)8-13-6-7-15-11-5-3-4-10(11)13/h10-11,14H,3-9H2,1-2H3. The minimum atomic E-state index is 0.0183. The van der Waals surface area contributed by atoms with Gasteiger partial charge in [-0.3, -0.25) is 4.90 Å². The number of fused-ring (bicyclic) bond motifs is 1. The van der Waals surface area contributed by atoms with Gasteiger partial charge in [0.15, 0.2) is 0 Å². The number of hydrogen-bond acceptors (Lipinski definition) is 3. The molecule has 1 N–H and O–H groups in total. The number of ether oxygens (including phenoxy) is 1. The van der Waals surface area contributed by atoms with Gasteiger partial charge in [0.25, 0.3) is 0 Å². The highest BCUT2D eigenvalue weighted by atomic mass is 16.5. The maximum absolute atomic E-state index is 9.31. The summed E-state index contributed by atoms with van der Waals surface area (Å²) in [5.74, 6) is 0. The maximum atomic E-state index is 9.31. The summed E-state index contributed by atoms with van der Waals surface area (Å²) in [7, 11) is 0. The molecule has 1 aliphatic heterocycles. The number of rotatable bonds is 3. The first-order chi connectivity index (χ1) is 7.12. The first-order valence-electron chi connectivity index (χ1n) is 6.09. The third-order valence-corrected chi connectivity index (χ3v) is 3.66. The highest BCUT2D eigenvalue weighted by Crippen LogP contribution is 2.31. The topological polar surface area (TPSA) is 32.7 Å². The Labute approximate surface area is 92.4 Å². The van der Waals surface area contributed by atoms with Crippen LogP contribution in [-0.4, -0.2) is 48.5 Å². The van der Waals surface area contributed by atoms with Crippen molar-refractivity contribution in [3.8, 4) is 0 Å². The zero-order valence-corrected chi connectivity index (χ0v) is 9.91. The van der Waals surface area contributed by atoms with Crippen LogP contribution in [0.5, 0.6) is 0 Å². The monoisotopic (exact) mass is 213 g/mol. The molecule has 15 heavy (non-hydrogen) atoms. The van der Waals surface area contributed by atoms with E-state index in [1.54, 1.807) is 0 Å². The van der Waals surface area contributed by atoms with Gasteiger partial charge in [-0.2, -0.15) is 0 Å². The summed E-state index contributed by atoms with van der Waals surface area (Å²) in [6, 6.07) is 0.615. The minimum absolute atomic E-state index is 0.0183. The molecule has 0 amide bonds. The third-order valence-electron chi connectivity index (χ3n) is 3.66. The Kier molecular flexibility index (Phi) is 3.33. The number of aliphatic hydroxyl groups excluding tert-OH is 1. The summed E-state index contributed by atoms with van der Waals surface area (Å²) in [6.07, 6.45) is 4.26. The molecular formula is C12H23NO2. The molecule has 0 bridgehead atoms. The SMILES string of the molecule is CC(C)(CO)CN1CCOC2CCCC21. The first kappa shape index (κ1) is 11.4. The van der Waals surface area contributed by atoms with E-state index < -0.39 is 0 Å². The van der Waals surface area contributed by atoms with Crippen molar-refractivity contribution in [2.24, 2.45) is 5.41 Å². The van der Waals surface area contributed by atoms with E-state index in [0.717, 1.165) is 19.7 Å². The lowest BCUT2D eigenvalue weighted by molar-refractivity contribution is -0.0698. The molecule has 3 nitrogen and oxygen atoms in total. The zero-order chi connectivity index (χ0) is 10.9. The van der Waals surface area contributed by atoms with E-state index >= 15 is 0 Å². The van der Waals surface area contributed by atoms with E-state index in [1.165, 1.54) is 19.3 Å². The Bertz CT molecular complexity index is 218. The van der Waals surface area contributed by atoms with E-state index in [9.17, 15) is 5.11 Å². The smallest absolute Gasteiger partial charge is 0.0730 e.